The summed E-state index contributed by atoms with van der Waals surface area (Å²) in [5.74, 6) is 0.721. The average molecular weight is 717 g/mol. The van der Waals surface area contributed by atoms with Crippen molar-refractivity contribution in [2.24, 2.45) is 0 Å². The van der Waals surface area contributed by atoms with E-state index in [4.69, 9.17) is 15.0 Å². The van der Waals surface area contributed by atoms with Crippen molar-refractivity contribution in [1.82, 2.24) is 15.0 Å². The van der Waals surface area contributed by atoms with Gasteiger partial charge in [-0.15, -0.1) is 29.8 Å². The van der Waals surface area contributed by atoms with Crippen LogP contribution in [0.3, 0.4) is 0 Å². The molecule has 0 fully saturated rings. The fraction of sp³-hybridized carbons (Fsp3) is 0.270. The molecule has 0 spiro atoms. The molecule has 5 aromatic rings. The number of aromatic nitrogens is 3. The van der Waals surface area contributed by atoms with Gasteiger partial charge < -0.3 is 4.98 Å². The van der Waals surface area contributed by atoms with Crippen LogP contribution < -0.4 is 0 Å². The number of benzene rings is 3. The van der Waals surface area contributed by atoms with Crippen molar-refractivity contribution < 1.29 is 20.1 Å². The summed E-state index contributed by atoms with van der Waals surface area (Å²) >= 11 is 0. The summed E-state index contributed by atoms with van der Waals surface area (Å²) in [6, 6.07) is 31.3. The van der Waals surface area contributed by atoms with Crippen LogP contribution in [0, 0.1) is 19.9 Å². The second-order valence-electron chi connectivity index (χ2n) is 12.8. The average Bonchev–Trinajstić information content (AvgIpc) is 2.91. The first-order chi connectivity index (χ1) is 18.9. The monoisotopic (exact) mass is 717 g/mol. The van der Waals surface area contributed by atoms with E-state index in [0.29, 0.717) is 0 Å². The number of hydrogen-bond acceptors (Lipinski definition) is 3. The first-order valence-electron chi connectivity index (χ1n) is 14.0. The third-order valence-electron chi connectivity index (χ3n) is 7.14. The predicted molar refractivity (Wildman–Crippen MR) is 167 cm³/mol. The van der Waals surface area contributed by atoms with Crippen molar-refractivity contribution in [3.05, 3.63) is 114 Å². The summed E-state index contributed by atoms with van der Waals surface area (Å²) in [6.45, 7) is 17.4. The van der Waals surface area contributed by atoms with Crippen molar-refractivity contribution in [2.45, 2.75) is 66.2 Å². The molecule has 0 N–H and O–H groups in total. The molecule has 1 radical (unpaired) electrons. The molecule has 0 saturated heterocycles. The molecule has 5 rings (SSSR count). The van der Waals surface area contributed by atoms with Crippen LogP contribution in [-0.2, 0) is 30.9 Å². The summed E-state index contributed by atoms with van der Waals surface area (Å²) in [7, 11) is 0. The molecular formula is C37H38IrN3-. The van der Waals surface area contributed by atoms with Crippen LogP contribution in [0.2, 0.25) is 0 Å². The van der Waals surface area contributed by atoms with Gasteiger partial charge in [0.2, 0.25) is 0 Å². The standard InChI is InChI=1S/C37H38N3.Ir/c1-24-19-25(2)21-29(20-24)31-12-10-9-11-30(31)26-13-15-27(16-14-26)32-18-17-28(23-38-32)35-39-33(36(3,4)5)22-34(40-35)37(6,7)8;/h9-15,17-23H,1-8H3;/q-1;. The van der Waals surface area contributed by atoms with Crippen LogP contribution >= 0.6 is 0 Å². The van der Waals surface area contributed by atoms with Gasteiger partial charge in [0.15, 0.2) is 5.82 Å². The van der Waals surface area contributed by atoms with Gasteiger partial charge in [0.1, 0.15) is 0 Å². The molecule has 0 unspecified atom stereocenters. The molecular weight excluding hydrogens is 679 g/mol. The molecule has 3 aromatic carbocycles. The third kappa shape index (κ3) is 6.89. The molecule has 41 heavy (non-hydrogen) atoms. The van der Waals surface area contributed by atoms with Crippen LogP contribution in [0.4, 0.5) is 0 Å². The molecule has 2 heterocycles. The van der Waals surface area contributed by atoms with Gasteiger partial charge in [-0.1, -0.05) is 118 Å². The van der Waals surface area contributed by atoms with Crippen LogP contribution in [-0.4, -0.2) is 15.0 Å². The Labute approximate surface area is 258 Å². The van der Waals surface area contributed by atoms with Gasteiger partial charge in [-0.25, -0.2) is 9.97 Å². The smallest absolute Gasteiger partial charge is 0.161 e. The maximum atomic E-state index is 4.92. The fourth-order valence-corrected chi connectivity index (χ4v) is 4.90. The normalized spacial score (nSPS) is 11.7. The van der Waals surface area contributed by atoms with E-state index in [2.05, 4.69) is 134 Å². The Morgan fingerprint density at radius 1 is 0.610 bits per heavy atom. The topological polar surface area (TPSA) is 38.7 Å². The van der Waals surface area contributed by atoms with Gasteiger partial charge in [0, 0.05) is 42.7 Å². The van der Waals surface area contributed by atoms with E-state index in [9.17, 15) is 0 Å². The summed E-state index contributed by atoms with van der Waals surface area (Å²) in [5.41, 5.74) is 12.0. The summed E-state index contributed by atoms with van der Waals surface area (Å²) < 4.78 is 0. The summed E-state index contributed by atoms with van der Waals surface area (Å²) in [4.78, 5) is 14.6. The second kappa shape index (κ2) is 11.8. The van der Waals surface area contributed by atoms with Crippen LogP contribution in [0.1, 0.15) is 64.1 Å². The van der Waals surface area contributed by atoms with Crippen LogP contribution in [0.15, 0.2) is 85.1 Å². The molecule has 0 amide bonds. The van der Waals surface area contributed by atoms with Crippen LogP contribution in [0.5, 0.6) is 0 Å². The van der Waals surface area contributed by atoms with Gasteiger partial charge >= 0.3 is 0 Å². The first-order valence-corrected chi connectivity index (χ1v) is 14.0. The number of hydrogen-bond donors (Lipinski definition) is 0. The minimum Gasteiger partial charge on any atom is -0.304 e. The van der Waals surface area contributed by atoms with Crippen molar-refractivity contribution in [3.63, 3.8) is 0 Å². The van der Waals surface area contributed by atoms with E-state index < -0.39 is 0 Å². The van der Waals surface area contributed by atoms with E-state index in [-0.39, 0.29) is 30.9 Å². The molecule has 3 nitrogen and oxygen atoms in total. The van der Waals surface area contributed by atoms with E-state index in [1.54, 1.807) is 0 Å². The minimum absolute atomic E-state index is 0. The Kier molecular flexibility index (Phi) is 8.78. The van der Waals surface area contributed by atoms with Gasteiger partial charge in [-0.3, -0.25) is 0 Å². The van der Waals surface area contributed by atoms with Crippen molar-refractivity contribution >= 4 is 0 Å². The van der Waals surface area contributed by atoms with Gasteiger partial charge in [0.25, 0.3) is 0 Å². The largest absolute Gasteiger partial charge is 0.304 e. The molecule has 0 aliphatic heterocycles. The van der Waals surface area contributed by atoms with Crippen molar-refractivity contribution in [1.29, 1.82) is 0 Å². The quantitative estimate of drug-likeness (QED) is 0.174. The first kappa shape index (κ1) is 30.5. The SMILES string of the molecule is Cc1cc(C)cc(-c2ccccc2-c2c[c-]c(-c3ccc(-c4nc(C(C)(C)C)cc(C(C)(C)C)n4)cn3)cc2)c1.[Ir]. The van der Waals surface area contributed by atoms with Crippen molar-refractivity contribution in [3.8, 4) is 44.9 Å². The number of nitrogens with zero attached hydrogens (tertiary/aromatic N) is 3. The zero-order valence-corrected chi connectivity index (χ0v) is 27.7. The summed E-state index contributed by atoms with van der Waals surface area (Å²) in [6.07, 6.45) is 1.88. The number of rotatable bonds is 4. The molecule has 2 aromatic heterocycles. The Balaban J connectivity index is 0.00000387. The molecule has 0 aliphatic rings. The zero-order chi connectivity index (χ0) is 28.7. The number of pyridine rings is 1. The molecule has 0 atom stereocenters. The third-order valence-corrected chi connectivity index (χ3v) is 7.14. The Morgan fingerprint density at radius 2 is 1.17 bits per heavy atom. The van der Waals surface area contributed by atoms with Crippen LogP contribution in [0.25, 0.3) is 44.9 Å². The maximum absolute atomic E-state index is 4.92. The molecule has 211 valence electrons. The summed E-state index contributed by atoms with van der Waals surface area (Å²) in [5, 5.41) is 0. The minimum atomic E-state index is -0.0709. The molecule has 0 bridgehead atoms. The predicted octanol–water partition coefficient (Wildman–Crippen LogP) is 9.55. The van der Waals surface area contributed by atoms with E-state index >= 15 is 0 Å². The maximum Gasteiger partial charge on any atom is 0.161 e. The van der Waals surface area contributed by atoms with E-state index in [1.165, 1.54) is 27.8 Å². The molecule has 0 aliphatic carbocycles. The number of aryl methyl sites for hydroxylation is 2. The Morgan fingerprint density at radius 3 is 1.66 bits per heavy atom. The van der Waals surface area contributed by atoms with Gasteiger partial charge in [0.05, 0.1) is 11.4 Å². The molecule has 0 saturated carbocycles. The van der Waals surface area contributed by atoms with E-state index in [1.807, 2.05) is 12.3 Å². The van der Waals surface area contributed by atoms with Crippen molar-refractivity contribution in [2.75, 3.05) is 0 Å². The second-order valence-corrected chi connectivity index (χ2v) is 12.8. The zero-order valence-electron chi connectivity index (χ0n) is 25.3. The van der Waals surface area contributed by atoms with E-state index in [0.717, 1.165) is 39.6 Å². The Hall–Kier alpha value is -3.46. The Bertz CT molecular complexity index is 1600. The van der Waals surface area contributed by atoms with Gasteiger partial charge in [-0.2, -0.15) is 0 Å². The van der Waals surface area contributed by atoms with Gasteiger partial charge in [-0.05, 0) is 36.7 Å². The molecule has 4 heteroatoms. The fourth-order valence-electron chi connectivity index (χ4n) is 4.90.